The van der Waals surface area contributed by atoms with Gasteiger partial charge in [0.1, 0.15) is 0 Å². The van der Waals surface area contributed by atoms with Crippen LogP contribution in [0.2, 0.25) is 0 Å². The number of aliphatic hydroxyl groups is 2. The number of hydrogen-bond acceptors (Lipinski definition) is 3. The van der Waals surface area contributed by atoms with E-state index >= 15 is 0 Å². The first-order chi connectivity index (χ1) is 11.5. The first-order valence-electron chi connectivity index (χ1n) is 10.0. The summed E-state index contributed by atoms with van der Waals surface area (Å²) in [6.45, 7) is 4.34. The quantitative estimate of drug-likeness (QED) is 0.434. The molecule has 0 aromatic heterocycles. The number of carboxylic acid groups (broad SMARTS) is 1. The fraction of sp³-hybridized carbons (Fsp3) is 0.950. The van der Waals surface area contributed by atoms with Crippen molar-refractivity contribution >= 4 is 5.97 Å². The predicted octanol–water partition coefficient (Wildman–Crippen LogP) is 4.38. The van der Waals surface area contributed by atoms with Gasteiger partial charge in [0.2, 0.25) is 0 Å². The van der Waals surface area contributed by atoms with Crippen molar-refractivity contribution in [2.75, 3.05) is 0 Å². The van der Waals surface area contributed by atoms with E-state index in [2.05, 4.69) is 13.8 Å². The molecule has 5 atom stereocenters. The van der Waals surface area contributed by atoms with E-state index < -0.39 is 5.97 Å². The van der Waals surface area contributed by atoms with Crippen molar-refractivity contribution in [1.29, 1.82) is 0 Å². The molecule has 0 aromatic rings. The zero-order chi connectivity index (χ0) is 17.9. The smallest absolute Gasteiger partial charge is 0.303 e. The van der Waals surface area contributed by atoms with Crippen molar-refractivity contribution in [1.82, 2.24) is 0 Å². The molecule has 1 rings (SSSR count). The Morgan fingerprint density at radius 1 is 1.08 bits per heavy atom. The molecule has 0 saturated heterocycles. The maximum atomic E-state index is 10.7. The Balaban J connectivity index is 2.33. The molecule has 1 aliphatic carbocycles. The molecular weight excluding hydrogens is 304 g/mol. The van der Waals surface area contributed by atoms with Crippen LogP contribution in [0.25, 0.3) is 0 Å². The minimum absolute atomic E-state index is 0.216. The number of aliphatic carboxylic acids is 1. The minimum atomic E-state index is -0.721. The lowest BCUT2D eigenvalue weighted by atomic mass is 9.80. The molecular formula is C20H38O4. The second kappa shape index (κ2) is 11.9. The van der Waals surface area contributed by atoms with Crippen LogP contribution in [-0.4, -0.2) is 33.5 Å². The van der Waals surface area contributed by atoms with Crippen molar-refractivity contribution in [3.8, 4) is 0 Å². The highest BCUT2D eigenvalue weighted by molar-refractivity contribution is 5.66. The zero-order valence-corrected chi connectivity index (χ0v) is 15.6. The van der Waals surface area contributed by atoms with Gasteiger partial charge in [-0.2, -0.15) is 0 Å². The molecule has 0 aromatic carbocycles. The topological polar surface area (TPSA) is 77.8 Å². The van der Waals surface area contributed by atoms with Gasteiger partial charge in [0.25, 0.3) is 0 Å². The molecule has 1 fully saturated rings. The van der Waals surface area contributed by atoms with Crippen LogP contribution in [0, 0.1) is 17.8 Å². The lowest BCUT2D eigenvalue weighted by molar-refractivity contribution is -0.137. The van der Waals surface area contributed by atoms with Crippen LogP contribution in [-0.2, 0) is 4.79 Å². The van der Waals surface area contributed by atoms with Gasteiger partial charge in [-0.3, -0.25) is 4.79 Å². The number of carboxylic acids is 1. The van der Waals surface area contributed by atoms with Gasteiger partial charge in [0, 0.05) is 6.42 Å². The summed E-state index contributed by atoms with van der Waals surface area (Å²) >= 11 is 0. The predicted molar refractivity (Wildman–Crippen MR) is 96.9 cm³/mol. The third-order valence-corrected chi connectivity index (χ3v) is 5.80. The molecule has 0 heterocycles. The van der Waals surface area contributed by atoms with E-state index in [0.29, 0.717) is 5.92 Å². The lowest BCUT2D eigenvalue weighted by Gasteiger charge is -2.30. The summed E-state index contributed by atoms with van der Waals surface area (Å²) in [5.41, 5.74) is 0. The average molecular weight is 343 g/mol. The Kier molecular flexibility index (Phi) is 10.6. The Bertz CT molecular complexity index is 345. The molecule has 0 amide bonds. The van der Waals surface area contributed by atoms with E-state index in [0.717, 1.165) is 51.4 Å². The standard InChI is InChI=1S/C20H38O4/c1-3-4-7-10-15(2)20(24)17-13-14-18(21)16(17)11-8-5-6-9-12-19(22)23/h15-18,20-21,24H,3-14H2,1-2H3,(H,22,23)/t15?,16-,17+,18?,20?/m0/s1. The van der Waals surface area contributed by atoms with Gasteiger partial charge in [-0.1, -0.05) is 52.4 Å². The number of aliphatic hydroxyl groups excluding tert-OH is 2. The van der Waals surface area contributed by atoms with Crippen LogP contribution < -0.4 is 0 Å². The normalized spacial score (nSPS) is 26.4. The summed E-state index contributed by atoms with van der Waals surface area (Å²) in [5, 5.41) is 29.7. The highest BCUT2D eigenvalue weighted by Crippen LogP contribution is 2.40. The minimum Gasteiger partial charge on any atom is -0.481 e. The molecule has 1 saturated carbocycles. The summed E-state index contributed by atoms with van der Waals surface area (Å²) in [7, 11) is 0. The van der Waals surface area contributed by atoms with E-state index in [1.165, 1.54) is 19.3 Å². The molecule has 142 valence electrons. The van der Waals surface area contributed by atoms with Gasteiger partial charge < -0.3 is 15.3 Å². The molecule has 3 unspecified atom stereocenters. The van der Waals surface area contributed by atoms with Crippen molar-refractivity contribution < 1.29 is 20.1 Å². The molecule has 0 radical (unpaired) electrons. The Labute approximate surface area is 147 Å². The lowest BCUT2D eigenvalue weighted by Crippen LogP contribution is -2.33. The third-order valence-electron chi connectivity index (χ3n) is 5.80. The molecule has 3 N–H and O–H groups in total. The van der Waals surface area contributed by atoms with Gasteiger partial charge in [-0.25, -0.2) is 0 Å². The van der Waals surface area contributed by atoms with Gasteiger partial charge >= 0.3 is 5.97 Å². The maximum absolute atomic E-state index is 10.7. The highest BCUT2D eigenvalue weighted by Gasteiger charge is 2.39. The number of unbranched alkanes of at least 4 members (excludes halogenated alkanes) is 5. The molecule has 0 bridgehead atoms. The van der Waals surface area contributed by atoms with Gasteiger partial charge in [0.15, 0.2) is 0 Å². The zero-order valence-electron chi connectivity index (χ0n) is 15.6. The summed E-state index contributed by atoms with van der Waals surface area (Å²) in [5.74, 6) is 0.0372. The Hall–Kier alpha value is -0.610. The van der Waals surface area contributed by atoms with Crippen LogP contribution in [0.1, 0.15) is 90.9 Å². The molecule has 1 aliphatic rings. The summed E-state index contributed by atoms with van der Waals surface area (Å²) in [4.78, 5) is 10.5. The van der Waals surface area contributed by atoms with Crippen LogP contribution in [0.5, 0.6) is 0 Å². The summed E-state index contributed by atoms with van der Waals surface area (Å²) in [6.07, 6.45) is 10.8. The molecule has 0 aliphatic heterocycles. The third kappa shape index (κ3) is 7.52. The number of carbonyl (C=O) groups is 1. The van der Waals surface area contributed by atoms with E-state index in [1.807, 2.05) is 0 Å². The fourth-order valence-corrected chi connectivity index (χ4v) is 4.23. The van der Waals surface area contributed by atoms with E-state index in [9.17, 15) is 15.0 Å². The first kappa shape index (κ1) is 21.4. The van der Waals surface area contributed by atoms with Crippen molar-refractivity contribution in [2.45, 2.75) is 103 Å². The Morgan fingerprint density at radius 3 is 2.46 bits per heavy atom. The second-order valence-corrected chi connectivity index (χ2v) is 7.78. The summed E-state index contributed by atoms with van der Waals surface area (Å²) < 4.78 is 0. The second-order valence-electron chi connectivity index (χ2n) is 7.78. The Morgan fingerprint density at radius 2 is 1.79 bits per heavy atom. The average Bonchev–Trinajstić information content (AvgIpc) is 2.90. The van der Waals surface area contributed by atoms with Gasteiger partial charge in [-0.05, 0) is 49.9 Å². The summed E-state index contributed by atoms with van der Waals surface area (Å²) in [6, 6.07) is 0. The first-order valence-corrected chi connectivity index (χ1v) is 10.0. The number of hydrogen-bond donors (Lipinski definition) is 3. The number of rotatable bonds is 13. The van der Waals surface area contributed by atoms with Crippen LogP contribution in [0.15, 0.2) is 0 Å². The monoisotopic (exact) mass is 342 g/mol. The SMILES string of the molecule is CCCCCC(C)C(O)[C@@H]1CCC(O)[C@H]1CCCCCCC(=O)O. The largest absolute Gasteiger partial charge is 0.481 e. The van der Waals surface area contributed by atoms with Crippen LogP contribution in [0.4, 0.5) is 0 Å². The van der Waals surface area contributed by atoms with E-state index in [1.54, 1.807) is 0 Å². The highest BCUT2D eigenvalue weighted by atomic mass is 16.4. The molecule has 24 heavy (non-hydrogen) atoms. The van der Waals surface area contributed by atoms with Crippen molar-refractivity contribution in [3.05, 3.63) is 0 Å². The molecule has 0 spiro atoms. The molecule has 4 nitrogen and oxygen atoms in total. The fourth-order valence-electron chi connectivity index (χ4n) is 4.23. The van der Waals surface area contributed by atoms with Crippen molar-refractivity contribution in [2.24, 2.45) is 17.8 Å². The van der Waals surface area contributed by atoms with Crippen LogP contribution in [0.3, 0.4) is 0 Å². The van der Waals surface area contributed by atoms with E-state index in [4.69, 9.17) is 5.11 Å². The van der Waals surface area contributed by atoms with Crippen molar-refractivity contribution in [3.63, 3.8) is 0 Å². The maximum Gasteiger partial charge on any atom is 0.303 e. The molecule has 4 heteroatoms. The van der Waals surface area contributed by atoms with Crippen LogP contribution >= 0.6 is 0 Å². The van der Waals surface area contributed by atoms with E-state index in [-0.39, 0.29) is 30.5 Å². The van der Waals surface area contributed by atoms with Gasteiger partial charge in [0.05, 0.1) is 12.2 Å². The van der Waals surface area contributed by atoms with Gasteiger partial charge in [-0.15, -0.1) is 0 Å².